The van der Waals surface area contributed by atoms with E-state index in [1.807, 2.05) is 42.5 Å². The van der Waals surface area contributed by atoms with E-state index < -0.39 is 14.6 Å². The van der Waals surface area contributed by atoms with Gasteiger partial charge in [-0.05, 0) is 35.9 Å². The van der Waals surface area contributed by atoms with Crippen molar-refractivity contribution < 1.29 is 32.7 Å². The average molecular weight is 454 g/mol. The fourth-order valence-corrected chi connectivity index (χ4v) is 3.25. The lowest BCUT2D eigenvalue weighted by atomic mass is 10.1. The minimum absolute atomic E-state index is 0.186. The summed E-state index contributed by atoms with van der Waals surface area (Å²) in [5.41, 5.74) is 8.17. The molecule has 0 amide bonds. The zero-order valence-corrected chi connectivity index (χ0v) is 17.6. The van der Waals surface area contributed by atoms with Crippen LogP contribution >= 0.6 is 7.82 Å². The van der Waals surface area contributed by atoms with Gasteiger partial charge >= 0.3 is 0 Å². The number of phosphoric acid groups is 1. The number of aromatic nitrogens is 3. The van der Waals surface area contributed by atoms with Crippen LogP contribution in [0.2, 0.25) is 0 Å². The topological polar surface area (TPSA) is 148 Å². The highest BCUT2D eigenvalue weighted by atomic mass is 31.2. The highest BCUT2D eigenvalue weighted by Crippen LogP contribution is 2.30. The highest BCUT2D eigenvalue weighted by molar-refractivity contribution is 7.44. The van der Waals surface area contributed by atoms with Crippen molar-refractivity contribution in [3.63, 3.8) is 0 Å². The van der Waals surface area contributed by atoms with Crippen molar-refractivity contribution in [2.24, 2.45) is 0 Å². The number of phosphoric ester groups is 1. The van der Waals surface area contributed by atoms with E-state index in [1.165, 1.54) is 10.8 Å². The van der Waals surface area contributed by atoms with Crippen LogP contribution in [0.1, 0.15) is 11.3 Å². The van der Waals surface area contributed by atoms with Gasteiger partial charge in [-0.1, -0.05) is 23.4 Å². The van der Waals surface area contributed by atoms with Crippen molar-refractivity contribution in [3.05, 3.63) is 84.3 Å². The van der Waals surface area contributed by atoms with E-state index in [2.05, 4.69) is 14.7 Å². The van der Waals surface area contributed by atoms with Crippen molar-refractivity contribution >= 4 is 13.6 Å². The zero-order valence-electron chi connectivity index (χ0n) is 16.7. The van der Waals surface area contributed by atoms with E-state index in [9.17, 15) is 9.46 Å². The third kappa shape index (κ3) is 5.57. The van der Waals surface area contributed by atoms with Crippen molar-refractivity contribution in [1.82, 2.24) is 10.1 Å². The third-order valence-corrected chi connectivity index (χ3v) is 4.89. The molecule has 0 saturated carbocycles. The van der Waals surface area contributed by atoms with Crippen molar-refractivity contribution in [1.29, 1.82) is 0 Å². The molecule has 0 saturated heterocycles. The van der Waals surface area contributed by atoms with Crippen LogP contribution in [0.5, 0.6) is 11.6 Å². The summed E-state index contributed by atoms with van der Waals surface area (Å²) in [4.78, 5) is 23.9. The Morgan fingerprint density at radius 2 is 1.97 bits per heavy atom. The lowest BCUT2D eigenvalue weighted by Crippen LogP contribution is -2.38. The van der Waals surface area contributed by atoms with E-state index in [-0.39, 0.29) is 5.82 Å². The van der Waals surface area contributed by atoms with Crippen LogP contribution < -0.4 is 19.9 Å². The molecule has 3 N–H and O–H groups in total. The number of anilines is 1. The molecule has 0 aliphatic heterocycles. The molecule has 0 spiro atoms. The first-order chi connectivity index (χ1) is 15.4. The van der Waals surface area contributed by atoms with Gasteiger partial charge < -0.3 is 19.0 Å². The second kappa shape index (κ2) is 9.29. The largest absolute Gasteiger partial charge is 0.756 e. The van der Waals surface area contributed by atoms with Gasteiger partial charge in [0.2, 0.25) is 5.88 Å². The maximum absolute atomic E-state index is 10.8. The number of para-hydroxylation sites is 1. The SMILES string of the molecule is Nc1c(-c2cc(Cc3ccnc(Oc4ccccc4)c3)no2)ccc[n+]1COP(=O)([O-])O. The van der Waals surface area contributed by atoms with Crippen LogP contribution in [-0.2, 0) is 22.2 Å². The molecule has 0 bridgehead atoms. The number of nitrogen functional groups attached to an aromatic ring is 1. The first-order valence-electron chi connectivity index (χ1n) is 9.47. The second-order valence-corrected chi connectivity index (χ2v) is 7.98. The quantitative estimate of drug-likeness (QED) is 0.302. The summed E-state index contributed by atoms with van der Waals surface area (Å²) in [5, 5.41) is 4.09. The molecule has 0 radical (unpaired) electrons. The molecule has 4 aromatic rings. The Kier molecular flexibility index (Phi) is 6.29. The standard InChI is InChI=1S/C21H19N4O6P/c22-21-18(7-4-10-25(21)14-29-32(26,27)28)19-13-16(24-31-19)11-15-8-9-23-20(12-15)30-17-5-2-1-3-6-17/h1-10,12-13,22H,11,14H2,(H2,26,27,28). The number of nitrogens with zero attached hydrogens (tertiary/aromatic N) is 3. The molecule has 1 atom stereocenters. The molecular formula is C21H19N4O6P. The molecule has 0 fully saturated rings. The molecule has 3 aromatic heterocycles. The van der Waals surface area contributed by atoms with Gasteiger partial charge in [-0.15, -0.1) is 0 Å². The first-order valence-corrected chi connectivity index (χ1v) is 11.0. The van der Waals surface area contributed by atoms with E-state index in [0.29, 0.717) is 35.1 Å². The maximum Gasteiger partial charge on any atom is 0.285 e. The van der Waals surface area contributed by atoms with Crippen LogP contribution in [0, 0.1) is 0 Å². The Balaban J connectivity index is 1.49. The summed E-state index contributed by atoms with van der Waals surface area (Å²) < 4.78 is 27.7. The zero-order chi connectivity index (χ0) is 22.6. The van der Waals surface area contributed by atoms with Crippen LogP contribution in [0.3, 0.4) is 0 Å². The molecule has 0 aliphatic rings. The Morgan fingerprint density at radius 3 is 2.75 bits per heavy atom. The monoisotopic (exact) mass is 454 g/mol. The predicted molar refractivity (Wildman–Crippen MR) is 111 cm³/mol. The summed E-state index contributed by atoms with van der Waals surface area (Å²) >= 11 is 0. The van der Waals surface area contributed by atoms with Crippen LogP contribution in [0.25, 0.3) is 11.3 Å². The molecule has 164 valence electrons. The normalized spacial score (nSPS) is 12.9. The predicted octanol–water partition coefficient (Wildman–Crippen LogP) is 2.42. The smallest absolute Gasteiger partial charge is 0.285 e. The number of pyridine rings is 2. The minimum atomic E-state index is -4.88. The molecule has 10 nitrogen and oxygen atoms in total. The summed E-state index contributed by atoms with van der Waals surface area (Å²) in [7, 11) is -4.88. The number of nitrogens with two attached hydrogens (primary N) is 1. The Morgan fingerprint density at radius 1 is 1.16 bits per heavy atom. The highest BCUT2D eigenvalue weighted by Gasteiger charge is 2.18. The van der Waals surface area contributed by atoms with Gasteiger partial charge in [0, 0.05) is 24.8 Å². The average Bonchev–Trinajstić information content (AvgIpc) is 3.21. The molecule has 4 rings (SSSR count). The van der Waals surface area contributed by atoms with Gasteiger partial charge in [-0.3, -0.25) is 14.8 Å². The fraction of sp³-hybridized carbons (Fsp3) is 0.0952. The number of hydrogen-bond acceptors (Lipinski definition) is 8. The number of rotatable bonds is 8. The number of hydrogen-bond donors (Lipinski definition) is 2. The Hall–Kier alpha value is -3.56. The van der Waals surface area contributed by atoms with Gasteiger partial charge in [0.25, 0.3) is 13.6 Å². The van der Waals surface area contributed by atoms with E-state index in [0.717, 1.165) is 5.56 Å². The van der Waals surface area contributed by atoms with Crippen molar-refractivity contribution in [2.45, 2.75) is 13.2 Å². The van der Waals surface area contributed by atoms with Gasteiger partial charge in [-0.25, -0.2) is 9.55 Å². The number of ether oxygens (including phenoxy) is 1. The fourth-order valence-electron chi connectivity index (χ4n) is 2.98. The summed E-state index contributed by atoms with van der Waals surface area (Å²) in [6, 6.07) is 18.1. The lowest BCUT2D eigenvalue weighted by Gasteiger charge is -2.14. The maximum atomic E-state index is 10.8. The van der Waals surface area contributed by atoms with Crippen LogP contribution in [-0.4, -0.2) is 15.0 Å². The van der Waals surface area contributed by atoms with Gasteiger partial charge in [-0.2, -0.15) is 0 Å². The van der Waals surface area contributed by atoms with Gasteiger partial charge in [0.1, 0.15) is 11.3 Å². The van der Waals surface area contributed by atoms with Gasteiger partial charge in [0.05, 0.1) is 11.9 Å². The third-order valence-electron chi connectivity index (χ3n) is 4.45. The minimum Gasteiger partial charge on any atom is -0.756 e. The van der Waals surface area contributed by atoms with Crippen molar-refractivity contribution in [3.8, 4) is 23.0 Å². The number of benzene rings is 1. The molecule has 1 unspecified atom stereocenters. The Bertz CT molecular complexity index is 1260. The van der Waals surface area contributed by atoms with Gasteiger partial charge in [0.15, 0.2) is 12.5 Å². The van der Waals surface area contributed by atoms with Crippen LogP contribution in [0.4, 0.5) is 5.82 Å². The Labute approximate surface area is 183 Å². The summed E-state index contributed by atoms with van der Waals surface area (Å²) in [6.07, 6.45) is 3.64. The molecule has 3 heterocycles. The molecule has 1 aromatic carbocycles. The van der Waals surface area contributed by atoms with E-state index >= 15 is 0 Å². The van der Waals surface area contributed by atoms with Crippen LogP contribution in [0.15, 0.2) is 77.6 Å². The van der Waals surface area contributed by atoms with E-state index in [1.54, 1.807) is 24.4 Å². The van der Waals surface area contributed by atoms with E-state index in [4.69, 9.17) is 19.9 Å². The summed E-state index contributed by atoms with van der Waals surface area (Å²) in [5.74, 6) is 1.74. The first kappa shape index (κ1) is 21.7. The molecular weight excluding hydrogens is 435 g/mol. The molecule has 11 heteroatoms. The molecule has 0 aliphatic carbocycles. The van der Waals surface area contributed by atoms with Crippen molar-refractivity contribution in [2.75, 3.05) is 5.73 Å². The molecule has 32 heavy (non-hydrogen) atoms. The second-order valence-electron chi connectivity index (χ2n) is 6.78. The summed E-state index contributed by atoms with van der Waals surface area (Å²) in [6.45, 7) is -0.473. The lowest BCUT2D eigenvalue weighted by molar-refractivity contribution is -0.712.